The minimum absolute atomic E-state index is 0.177. The molecular formula is C28H35N3O3. The summed E-state index contributed by atoms with van der Waals surface area (Å²) in [6, 6.07) is 14.8. The molecule has 2 fully saturated rings. The van der Waals surface area contributed by atoms with Gasteiger partial charge in [-0.3, -0.25) is 9.69 Å². The molecule has 2 amide bonds. The topological polar surface area (TPSA) is 75.9 Å². The van der Waals surface area contributed by atoms with Crippen LogP contribution in [0, 0.1) is 5.41 Å². The zero-order valence-electron chi connectivity index (χ0n) is 20.5. The second-order valence-electron chi connectivity index (χ2n) is 11.3. The molecule has 1 atom stereocenters. The summed E-state index contributed by atoms with van der Waals surface area (Å²) in [5.74, 6) is -0.397. The molecule has 2 saturated heterocycles. The Balaban J connectivity index is 1.19. The summed E-state index contributed by atoms with van der Waals surface area (Å²) in [5, 5.41) is 0. The van der Waals surface area contributed by atoms with Crippen LogP contribution in [0.5, 0.6) is 0 Å². The summed E-state index contributed by atoms with van der Waals surface area (Å²) in [6.07, 6.45) is 4.21. The number of carbonyl (C=O) groups is 2. The number of nitrogens with two attached hydrogens (primary N) is 1. The van der Waals surface area contributed by atoms with Gasteiger partial charge in [-0.05, 0) is 86.3 Å². The van der Waals surface area contributed by atoms with E-state index in [2.05, 4.69) is 23.1 Å². The smallest absolute Gasteiger partial charge is 0.410 e. The second-order valence-corrected chi connectivity index (χ2v) is 11.3. The van der Waals surface area contributed by atoms with Crippen LogP contribution < -0.4 is 5.73 Å². The monoisotopic (exact) mass is 461 g/mol. The average molecular weight is 462 g/mol. The Morgan fingerprint density at radius 2 is 1.65 bits per heavy atom. The highest BCUT2D eigenvalue weighted by Crippen LogP contribution is 2.48. The van der Waals surface area contributed by atoms with Crippen molar-refractivity contribution in [3.8, 4) is 11.1 Å². The number of primary amides is 1. The quantitative estimate of drug-likeness (QED) is 0.714. The standard InChI is InChI=1S/C28H35N3O3/c1-27(2,3)34-26(33)30-14-12-28(13-15-30)17-31(18-28)24-11-9-22-16-21(8-10-23(22)24)19-4-6-20(7-5-19)25(29)32/h4-8,10,16,24H,9,11-15,17-18H2,1-3H3,(H2,29,32)/t24-/m1/s1. The third kappa shape index (κ3) is 4.43. The van der Waals surface area contributed by atoms with E-state index in [1.165, 1.54) is 23.1 Å². The van der Waals surface area contributed by atoms with E-state index in [1.54, 1.807) is 12.1 Å². The molecule has 6 nitrogen and oxygen atoms in total. The minimum atomic E-state index is -0.442. The maximum absolute atomic E-state index is 12.4. The number of amides is 2. The molecule has 5 rings (SSSR count). The van der Waals surface area contributed by atoms with Crippen LogP contribution in [0.3, 0.4) is 0 Å². The van der Waals surface area contributed by atoms with Crippen molar-refractivity contribution in [1.29, 1.82) is 0 Å². The fourth-order valence-corrected chi connectivity index (χ4v) is 5.82. The SMILES string of the molecule is CC(C)(C)OC(=O)N1CCC2(CC1)CN([C@@H]1CCc3cc(-c4ccc(C(N)=O)cc4)ccc31)C2. The molecule has 3 aliphatic rings. The molecule has 180 valence electrons. The third-order valence-corrected chi connectivity index (χ3v) is 7.69. The van der Waals surface area contributed by atoms with Gasteiger partial charge in [0.05, 0.1) is 0 Å². The van der Waals surface area contributed by atoms with E-state index in [0.29, 0.717) is 17.0 Å². The number of fused-ring (bicyclic) bond motifs is 1. The molecule has 1 spiro atoms. The van der Waals surface area contributed by atoms with Crippen LogP contribution in [0.1, 0.15) is 67.6 Å². The Morgan fingerprint density at radius 1 is 1.00 bits per heavy atom. The molecule has 1 aliphatic carbocycles. The van der Waals surface area contributed by atoms with Gasteiger partial charge in [0, 0.05) is 37.8 Å². The molecule has 0 bridgehead atoms. The van der Waals surface area contributed by atoms with Crippen molar-refractivity contribution in [2.24, 2.45) is 11.1 Å². The highest BCUT2D eigenvalue weighted by atomic mass is 16.6. The van der Waals surface area contributed by atoms with Gasteiger partial charge in [0.15, 0.2) is 0 Å². The first-order valence-corrected chi connectivity index (χ1v) is 12.4. The molecule has 34 heavy (non-hydrogen) atoms. The lowest BCUT2D eigenvalue weighted by Gasteiger charge is -2.56. The van der Waals surface area contributed by atoms with E-state index in [4.69, 9.17) is 10.5 Å². The number of nitrogens with zero attached hydrogens (tertiary/aromatic N) is 2. The Kier molecular flexibility index (Phi) is 5.67. The van der Waals surface area contributed by atoms with Crippen molar-refractivity contribution in [1.82, 2.24) is 9.80 Å². The van der Waals surface area contributed by atoms with Gasteiger partial charge in [-0.15, -0.1) is 0 Å². The average Bonchev–Trinajstić information content (AvgIpc) is 3.19. The van der Waals surface area contributed by atoms with Gasteiger partial charge in [-0.1, -0.05) is 30.3 Å². The Bertz CT molecular complexity index is 1090. The van der Waals surface area contributed by atoms with Crippen LogP contribution in [0.4, 0.5) is 4.79 Å². The number of hydrogen-bond donors (Lipinski definition) is 1. The summed E-state index contributed by atoms with van der Waals surface area (Å²) in [5.41, 5.74) is 11.0. The molecule has 2 N–H and O–H groups in total. The summed E-state index contributed by atoms with van der Waals surface area (Å²) in [4.78, 5) is 28.2. The summed E-state index contributed by atoms with van der Waals surface area (Å²) < 4.78 is 5.55. The van der Waals surface area contributed by atoms with Gasteiger partial charge in [0.1, 0.15) is 5.60 Å². The number of benzene rings is 2. The van der Waals surface area contributed by atoms with Crippen LogP contribution in [0.2, 0.25) is 0 Å². The summed E-state index contributed by atoms with van der Waals surface area (Å²) in [7, 11) is 0. The molecule has 2 aromatic rings. The molecule has 2 aliphatic heterocycles. The molecular weight excluding hydrogens is 426 g/mol. The molecule has 2 heterocycles. The Labute approximate surface area is 202 Å². The van der Waals surface area contributed by atoms with Crippen molar-refractivity contribution in [2.45, 2.75) is 58.1 Å². The van der Waals surface area contributed by atoms with Crippen LogP contribution in [-0.2, 0) is 11.2 Å². The predicted octanol–water partition coefficient (Wildman–Crippen LogP) is 4.77. The van der Waals surface area contributed by atoms with Crippen LogP contribution >= 0.6 is 0 Å². The first-order valence-electron chi connectivity index (χ1n) is 12.4. The van der Waals surface area contributed by atoms with Crippen molar-refractivity contribution in [2.75, 3.05) is 26.2 Å². The summed E-state index contributed by atoms with van der Waals surface area (Å²) >= 11 is 0. The number of piperidine rings is 1. The number of carbonyl (C=O) groups excluding carboxylic acids is 2. The maximum Gasteiger partial charge on any atom is 0.410 e. The maximum atomic E-state index is 12.4. The highest BCUT2D eigenvalue weighted by molar-refractivity contribution is 5.93. The third-order valence-electron chi connectivity index (χ3n) is 7.69. The van der Waals surface area contributed by atoms with Crippen molar-refractivity contribution < 1.29 is 14.3 Å². The minimum Gasteiger partial charge on any atom is -0.444 e. The Morgan fingerprint density at radius 3 is 2.26 bits per heavy atom. The molecule has 0 radical (unpaired) electrons. The fourth-order valence-electron chi connectivity index (χ4n) is 5.82. The molecule has 0 aromatic heterocycles. The normalized spacial score (nSPS) is 21.7. The van der Waals surface area contributed by atoms with Crippen LogP contribution in [0.15, 0.2) is 42.5 Å². The molecule has 2 aromatic carbocycles. The zero-order valence-corrected chi connectivity index (χ0v) is 20.5. The number of rotatable bonds is 3. The van der Waals surface area contributed by atoms with Gasteiger partial charge in [-0.2, -0.15) is 0 Å². The zero-order chi connectivity index (χ0) is 24.1. The molecule has 0 saturated carbocycles. The van der Waals surface area contributed by atoms with Crippen LogP contribution in [-0.4, -0.2) is 53.6 Å². The van der Waals surface area contributed by atoms with E-state index in [0.717, 1.165) is 51.0 Å². The highest BCUT2D eigenvalue weighted by Gasteiger charge is 2.48. The molecule has 0 unspecified atom stereocenters. The van der Waals surface area contributed by atoms with E-state index in [1.807, 2.05) is 37.8 Å². The predicted molar refractivity (Wildman–Crippen MR) is 133 cm³/mol. The number of hydrogen-bond acceptors (Lipinski definition) is 4. The van der Waals surface area contributed by atoms with E-state index in [9.17, 15) is 9.59 Å². The lowest BCUT2D eigenvalue weighted by atomic mass is 9.71. The van der Waals surface area contributed by atoms with Crippen molar-refractivity contribution >= 4 is 12.0 Å². The summed E-state index contributed by atoms with van der Waals surface area (Å²) in [6.45, 7) is 9.58. The van der Waals surface area contributed by atoms with Gasteiger partial charge in [-0.25, -0.2) is 4.79 Å². The van der Waals surface area contributed by atoms with E-state index < -0.39 is 11.5 Å². The number of likely N-dealkylation sites (tertiary alicyclic amines) is 2. The van der Waals surface area contributed by atoms with E-state index in [-0.39, 0.29) is 6.09 Å². The van der Waals surface area contributed by atoms with E-state index >= 15 is 0 Å². The first-order chi connectivity index (χ1) is 16.1. The van der Waals surface area contributed by atoms with Crippen LogP contribution in [0.25, 0.3) is 11.1 Å². The number of ether oxygens (including phenoxy) is 1. The molecule has 6 heteroatoms. The fraction of sp³-hybridized carbons (Fsp3) is 0.500. The second kappa shape index (κ2) is 8.42. The number of aryl methyl sites for hydroxylation is 1. The van der Waals surface area contributed by atoms with Gasteiger partial charge >= 0.3 is 6.09 Å². The van der Waals surface area contributed by atoms with Crippen molar-refractivity contribution in [3.05, 3.63) is 59.2 Å². The van der Waals surface area contributed by atoms with Gasteiger partial charge in [0.25, 0.3) is 0 Å². The largest absolute Gasteiger partial charge is 0.444 e. The van der Waals surface area contributed by atoms with Crippen molar-refractivity contribution in [3.63, 3.8) is 0 Å². The Hall–Kier alpha value is -2.86. The lowest BCUT2D eigenvalue weighted by Crippen LogP contribution is -2.61. The first kappa shape index (κ1) is 22.9. The van der Waals surface area contributed by atoms with Gasteiger partial charge < -0.3 is 15.4 Å². The lowest BCUT2D eigenvalue weighted by molar-refractivity contribution is -0.0716. The van der Waals surface area contributed by atoms with Gasteiger partial charge in [0.2, 0.25) is 5.91 Å².